The maximum Gasteiger partial charge on any atom is 0.0342 e. The Balaban J connectivity index is 1.41. The zero-order chi connectivity index (χ0) is 34.5. The Morgan fingerprint density at radius 1 is 0.255 bits per heavy atom. The monoisotopic (exact) mass is 714 g/mol. The molecule has 0 N–H and O–H groups in total. The van der Waals surface area contributed by atoms with Crippen LogP contribution in [-0.2, 0) is 0 Å². The first-order valence-electron chi connectivity index (χ1n) is 17.6. The van der Waals surface area contributed by atoms with Crippen molar-refractivity contribution in [2.45, 2.75) is 13.8 Å². The van der Waals surface area contributed by atoms with Crippen LogP contribution in [0.2, 0.25) is 0 Å². The van der Waals surface area contributed by atoms with Gasteiger partial charge in [0.05, 0.1) is 0 Å². The zero-order valence-corrected chi connectivity index (χ0v) is 30.2. The molecule has 0 bridgehead atoms. The summed E-state index contributed by atoms with van der Waals surface area (Å²) in [5.41, 5.74) is 22.7. The fourth-order valence-corrected chi connectivity index (χ4v) is 9.17. The molecule has 7 aromatic carbocycles. The minimum absolute atomic E-state index is 1.16. The normalized spacial score (nSPS) is 13.5. The lowest BCUT2D eigenvalue weighted by Gasteiger charge is -2.23. The summed E-state index contributed by atoms with van der Waals surface area (Å²) >= 11 is 4.31. The SMILES string of the molecule is Cc1c2c(c(C)c(-c3ccccc3)c1-c1ccccc1)C1=C(c3ccc(-c4ccccc4)cc3)C(c3ccccc3)=C(c3ccccc3)C1=C2Br. The maximum atomic E-state index is 4.31. The number of allylic oxidation sites excluding steroid dienone is 5. The molecule has 1 heteroatoms. The summed E-state index contributed by atoms with van der Waals surface area (Å²) < 4.78 is 1.16. The molecule has 7 aromatic rings. The molecule has 0 fully saturated rings. The van der Waals surface area contributed by atoms with Gasteiger partial charge in [-0.3, -0.25) is 0 Å². The van der Waals surface area contributed by atoms with Gasteiger partial charge in [-0.1, -0.05) is 176 Å². The zero-order valence-electron chi connectivity index (χ0n) is 28.6. The summed E-state index contributed by atoms with van der Waals surface area (Å²) in [7, 11) is 0. The van der Waals surface area contributed by atoms with Crippen molar-refractivity contribution in [1.29, 1.82) is 0 Å². The Bertz CT molecular complexity index is 2520. The van der Waals surface area contributed by atoms with Gasteiger partial charge in [-0.15, -0.1) is 0 Å². The number of fused-ring (bicyclic) bond motifs is 3. The quantitative estimate of drug-likeness (QED) is 0.161. The Hall–Kier alpha value is -5.76. The van der Waals surface area contributed by atoms with E-state index < -0.39 is 0 Å². The molecule has 51 heavy (non-hydrogen) atoms. The van der Waals surface area contributed by atoms with E-state index in [1.54, 1.807) is 0 Å². The molecule has 0 spiro atoms. The predicted molar refractivity (Wildman–Crippen MR) is 221 cm³/mol. The average molecular weight is 716 g/mol. The third-order valence-corrected chi connectivity index (χ3v) is 11.3. The van der Waals surface area contributed by atoms with Crippen LogP contribution < -0.4 is 0 Å². The lowest BCUT2D eigenvalue weighted by Crippen LogP contribution is -2.02. The Kier molecular flexibility index (Phi) is 7.87. The highest BCUT2D eigenvalue weighted by Gasteiger charge is 2.42. The van der Waals surface area contributed by atoms with E-state index in [9.17, 15) is 0 Å². The van der Waals surface area contributed by atoms with Crippen molar-refractivity contribution in [1.82, 2.24) is 0 Å². The van der Waals surface area contributed by atoms with Gasteiger partial charge >= 0.3 is 0 Å². The summed E-state index contributed by atoms with van der Waals surface area (Å²) in [5, 5.41) is 0. The number of halogens is 1. The van der Waals surface area contributed by atoms with Crippen molar-refractivity contribution in [2.75, 3.05) is 0 Å². The molecule has 0 aromatic heterocycles. The van der Waals surface area contributed by atoms with Gasteiger partial charge in [0.2, 0.25) is 0 Å². The van der Waals surface area contributed by atoms with Crippen LogP contribution in [0.25, 0.3) is 60.2 Å². The molecule has 0 aliphatic heterocycles. The van der Waals surface area contributed by atoms with Crippen LogP contribution in [0.15, 0.2) is 181 Å². The summed E-state index contributed by atoms with van der Waals surface area (Å²) in [5.74, 6) is 0. The van der Waals surface area contributed by atoms with Crippen LogP contribution in [0.1, 0.15) is 38.9 Å². The molecule has 2 aliphatic carbocycles. The second-order valence-corrected chi connectivity index (χ2v) is 14.1. The summed E-state index contributed by atoms with van der Waals surface area (Å²) in [6.07, 6.45) is 0. The molecule has 0 saturated heterocycles. The van der Waals surface area contributed by atoms with E-state index in [1.165, 1.54) is 100 Å². The van der Waals surface area contributed by atoms with Gasteiger partial charge in [-0.05, 0) is 113 Å². The molecule has 0 nitrogen and oxygen atoms in total. The van der Waals surface area contributed by atoms with Crippen LogP contribution in [0.3, 0.4) is 0 Å². The molecule has 242 valence electrons. The van der Waals surface area contributed by atoms with Crippen molar-refractivity contribution in [3.05, 3.63) is 220 Å². The Labute approximate surface area is 308 Å². The highest BCUT2D eigenvalue weighted by Crippen LogP contribution is 2.64. The highest BCUT2D eigenvalue weighted by molar-refractivity contribution is 9.15. The van der Waals surface area contributed by atoms with E-state index in [0.717, 1.165) is 4.48 Å². The smallest absolute Gasteiger partial charge is 0.0342 e. The van der Waals surface area contributed by atoms with Gasteiger partial charge in [0.25, 0.3) is 0 Å². The maximum absolute atomic E-state index is 4.31. The lowest BCUT2D eigenvalue weighted by molar-refractivity contribution is 1.35. The third kappa shape index (κ3) is 5.11. The van der Waals surface area contributed by atoms with Gasteiger partial charge in [0.15, 0.2) is 0 Å². The third-order valence-electron chi connectivity index (χ3n) is 10.5. The van der Waals surface area contributed by atoms with E-state index >= 15 is 0 Å². The predicted octanol–water partition coefficient (Wildman–Crippen LogP) is 14.0. The minimum Gasteiger partial charge on any atom is -0.0622 e. The van der Waals surface area contributed by atoms with Gasteiger partial charge in [0.1, 0.15) is 0 Å². The van der Waals surface area contributed by atoms with Crippen molar-refractivity contribution in [3.63, 3.8) is 0 Å². The van der Waals surface area contributed by atoms with Crippen LogP contribution in [0.4, 0.5) is 0 Å². The van der Waals surface area contributed by atoms with Crippen LogP contribution in [0, 0.1) is 13.8 Å². The second kappa shape index (κ2) is 12.8. The van der Waals surface area contributed by atoms with E-state index in [4.69, 9.17) is 0 Å². The highest BCUT2D eigenvalue weighted by atomic mass is 79.9. The molecule has 0 amide bonds. The molecule has 0 saturated carbocycles. The molecular formula is C50H35Br. The summed E-state index contributed by atoms with van der Waals surface area (Å²) in [6, 6.07) is 63.6. The molecular weight excluding hydrogens is 680 g/mol. The Morgan fingerprint density at radius 3 is 1.00 bits per heavy atom. The van der Waals surface area contributed by atoms with Crippen molar-refractivity contribution < 1.29 is 0 Å². The van der Waals surface area contributed by atoms with E-state index in [2.05, 4.69) is 206 Å². The first-order chi connectivity index (χ1) is 25.1. The van der Waals surface area contributed by atoms with Crippen LogP contribution >= 0.6 is 15.9 Å². The molecule has 0 heterocycles. The van der Waals surface area contributed by atoms with E-state index in [0.29, 0.717) is 0 Å². The van der Waals surface area contributed by atoms with Gasteiger partial charge < -0.3 is 0 Å². The first kappa shape index (κ1) is 31.2. The summed E-state index contributed by atoms with van der Waals surface area (Å²) in [6.45, 7) is 4.65. The fraction of sp³-hybridized carbons (Fsp3) is 0.0400. The standard InChI is InChI=1S/C50H35Br/c1-32-41(36-20-10-4-11-21-36)42(37-22-12-5-13-23-37)33(2)44-43(32)48-46(40-30-28-35(29-31-40)34-18-8-3-9-19-34)45(38-24-14-6-15-25-38)47(49(48)50(44)51)39-26-16-7-17-27-39/h3-31H,1-2H3. The van der Waals surface area contributed by atoms with Gasteiger partial charge in [-0.25, -0.2) is 0 Å². The lowest BCUT2D eigenvalue weighted by atomic mass is 9.80. The topological polar surface area (TPSA) is 0 Å². The summed E-state index contributed by atoms with van der Waals surface area (Å²) in [4.78, 5) is 0. The fourth-order valence-electron chi connectivity index (χ4n) is 8.27. The molecule has 0 unspecified atom stereocenters. The van der Waals surface area contributed by atoms with Crippen molar-refractivity contribution in [2.24, 2.45) is 0 Å². The van der Waals surface area contributed by atoms with Gasteiger partial charge in [-0.2, -0.15) is 0 Å². The van der Waals surface area contributed by atoms with E-state index in [1.807, 2.05) is 0 Å². The molecule has 0 radical (unpaired) electrons. The number of benzene rings is 7. The minimum atomic E-state index is 1.16. The molecule has 9 rings (SSSR count). The second-order valence-electron chi connectivity index (χ2n) is 13.3. The molecule has 0 atom stereocenters. The van der Waals surface area contributed by atoms with Crippen molar-refractivity contribution in [3.8, 4) is 33.4 Å². The van der Waals surface area contributed by atoms with Crippen LogP contribution in [-0.4, -0.2) is 0 Å². The Morgan fingerprint density at radius 2 is 0.549 bits per heavy atom. The first-order valence-corrected chi connectivity index (χ1v) is 18.4. The van der Waals surface area contributed by atoms with Crippen molar-refractivity contribution >= 4 is 42.7 Å². The number of rotatable bonds is 6. The van der Waals surface area contributed by atoms with E-state index in [-0.39, 0.29) is 0 Å². The average Bonchev–Trinajstić information content (AvgIpc) is 3.70. The van der Waals surface area contributed by atoms with Crippen LogP contribution in [0.5, 0.6) is 0 Å². The van der Waals surface area contributed by atoms with Gasteiger partial charge in [0, 0.05) is 21.2 Å². The molecule has 2 aliphatic rings. The largest absolute Gasteiger partial charge is 0.0622 e. The number of hydrogen-bond donors (Lipinski definition) is 0. The number of hydrogen-bond acceptors (Lipinski definition) is 0.